The molecule has 2 aliphatic heterocycles. The van der Waals surface area contributed by atoms with Crippen LogP contribution in [0.3, 0.4) is 0 Å². The zero-order valence-corrected chi connectivity index (χ0v) is 13.1. The summed E-state index contributed by atoms with van der Waals surface area (Å²) < 4.78 is 5.26. The van der Waals surface area contributed by atoms with Crippen molar-refractivity contribution in [3.63, 3.8) is 0 Å². The lowest BCUT2D eigenvalue weighted by Gasteiger charge is -2.14. The standard InChI is InChI=1S/C18H20N2O3/c1-12(21)20-11-16-10-17(18(22)23-16)15-4-2-13(3-5-15)14-6-8-19-9-7-14/h2-6,10,16,19H,7-9,11H2,1H3,(H,20,21)/t16-/m1/s1. The van der Waals surface area contributed by atoms with Gasteiger partial charge in [-0.15, -0.1) is 0 Å². The van der Waals surface area contributed by atoms with E-state index in [1.807, 2.05) is 24.3 Å². The topological polar surface area (TPSA) is 67.4 Å². The molecule has 0 saturated carbocycles. The molecule has 3 rings (SSSR count). The predicted molar refractivity (Wildman–Crippen MR) is 88.4 cm³/mol. The summed E-state index contributed by atoms with van der Waals surface area (Å²) in [6.45, 7) is 3.65. The van der Waals surface area contributed by atoms with E-state index in [1.54, 1.807) is 6.08 Å². The molecule has 5 nitrogen and oxygen atoms in total. The lowest BCUT2D eigenvalue weighted by Crippen LogP contribution is -2.29. The first-order valence-corrected chi connectivity index (χ1v) is 7.81. The second-order valence-electron chi connectivity index (χ2n) is 5.72. The van der Waals surface area contributed by atoms with E-state index in [9.17, 15) is 9.59 Å². The minimum atomic E-state index is -0.395. The van der Waals surface area contributed by atoms with Gasteiger partial charge in [-0.3, -0.25) is 4.79 Å². The van der Waals surface area contributed by atoms with Crippen molar-refractivity contribution < 1.29 is 14.3 Å². The van der Waals surface area contributed by atoms with Crippen molar-refractivity contribution in [2.45, 2.75) is 19.4 Å². The van der Waals surface area contributed by atoms with Gasteiger partial charge in [-0.05, 0) is 35.7 Å². The highest BCUT2D eigenvalue weighted by molar-refractivity contribution is 6.18. The smallest absolute Gasteiger partial charge is 0.339 e. The highest BCUT2D eigenvalue weighted by Gasteiger charge is 2.26. The van der Waals surface area contributed by atoms with Gasteiger partial charge in [-0.2, -0.15) is 0 Å². The fourth-order valence-corrected chi connectivity index (χ4v) is 2.80. The van der Waals surface area contributed by atoms with Crippen LogP contribution in [0.4, 0.5) is 0 Å². The van der Waals surface area contributed by atoms with Gasteiger partial charge in [0, 0.05) is 13.5 Å². The van der Waals surface area contributed by atoms with Gasteiger partial charge >= 0.3 is 5.97 Å². The van der Waals surface area contributed by atoms with Crippen LogP contribution >= 0.6 is 0 Å². The third-order valence-electron chi connectivity index (χ3n) is 4.01. The molecule has 0 bridgehead atoms. The van der Waals surface area contributed by atoms with Crippen molar-refractivity contribution in [1.82, 2.24) is 10.6 Å². The van der Waals surface area contributed by atoms with Crippen molar-refractivity contribution in [1.29, 1.82) is 0 Å². The molecule has 1 aromatic rings. The Hall–Kier alpha value is -2.40. The Bertz CT molecular complexity index is 674. The summed E-state index contributed by atoms with van der Waals surface area (Å²) in [4.78, 5) is 22.9. The number of nitrogens with one attached hydrogen (secondary N) is 2. The first-order valence-electron chi connectivity index (χ1n) is 7.81. The highest BCUT2D eigenvalue weighted by atomic mass is 16.5. The van der Waals surface area contributed by atoms with Gasteiger partial charge in [-0.1, -0.05) is 30.3 Å². The van der Waals surface area contributed by atoms with Crippen molar-refractivity contribution in [3.8, 4) is 0 Å². The number of ether oxygens (including phenoxy) is 1. The zero-order valence-electron chi connectivity index (χ0n) is 13.1. The maximum Gasteiger partial charge on any atom is 0.339 e. The van der Waals surface area contributed by atoms with Crippen LogP contribution in [0.25, 0.3) is 11.1 Å². The SMILES string of the molecule is CC(=O)NC[C@H]1C=C(c2ccc(C3=CCNCC3)cc2)C(=O)O1. The van der Waals surface area contributed by atoms with Crippen LogP contribution in [0.2, 0.25) is 0 Å². The van der Waals surface area contributed by atoms with E-state index in [0.29, 0.717) is 12.1 Å². The van der Waals surface area contributed by atoms with E-state index >= 15 is 0 Å². The summed E-state index contributed by atoms with van der Waals surface area (Å²) in [5.41, 5.74) is 3.93. The van der Waals surface area contributed by atoms with E-state index in [-0.39, 0.29) is 11.9 Å². The summed E-state index contributed by atoms with van der Waals surface area (Å²) in [5, 5.41) is 5.95. The number of hydrogen-bond donors (Lipinski definition) is 2. The monoisotopic (exact) mass is 312 g/mol. The highest BCUT2D eigenvalue weighted by Crippen LogP contribution is 2.26. The van der Waals surface area contributed by atoms with Gasteiger partial charge in [0.05, 0.1) is 12.1 Å². The van der Waals surface area contributed by atoms with Crippen LogP contribution in [0.1, 0.15) is 24.5 Å². The van der Waals surface area contributed by atoms with Crippen LogP contribution in [0, 0.1) is 0 Å². The minimum Gasteiger partial charge on any atom is -0.453 e. The van der Waals surface area contributed by atoms with Gasteiger partial charge < -0.3 is 15.4 Å². The van der Waals surface area contributed by atoms with Crippen molar-refractivity contribution in [2.75, 3.05) is 19.6 Å². The third-order valence-corrected chi connectivity index (χ3v) is 4.01. The molecule has 2 aliphatic rings. The van der Waals surface area contributed by atoms with E-state index < -0.39 is 6.10 Å². The lowest BCUT2D eigenvalue weighted by molar-refractivity contribution is -0.138. The zero-order chi connectivity index (χ0) is 16.2. The first-order chi connectivity index (χ1) is 11.1. The molecule has 5 heteroatoms. The van der Waals surface area contributed by atoms with Crippen molar-refractivity contribution >= 4 is 23.0 Å². The summed E-state index contributed by atoms with van der Waals surface area (Å²) in [6, 6.07) is 7.99. The molecule has 2 heterocycles. The van der Waals surface area contributed by atoms with Crippen molar-refractivity contribution in [3.05, 3.63) is 47.5 Å². The Labute approximate surface area is 135 Å². The number of benzene rings is 1. The molecule has 0 saturated heterocycles. The number of amides is 1. The van der Waals surface area contributed by atoms with Gasteiger partial charge in [0.2, 0.25) is 5.91 Å². The summed E-state index contributed by atoms with van der Waals surface area (Å²) in [5.74, 6) is -0.475. The molecule has 0 radical (unpaired) electrons. The molecule has 1 atom stereocenters. The second-order valence-corrected chi connectivity index (χ2v) is 5.72. The van der Waals surface area contributed by atoms with Crippen LogP contribution in [-0.2, 0) is 14.3 Å². The van der Waals surface area contributed by atoms with Crippen molar-refractivity contribution in [2.24, 2.45) is 0 Å². The number of cyclic esters (lactones) is 1. The Morgan fingerprint density at radius 1 is 1.30 bits per heavy atom. The van der Waals surface area contributed by atoms with Gasteiger partial charge in [0.25, 0.3) is 0 Å². The molecule has 0 aromatic heterocycles. The van der Waals surface area contributed by atoms with Crippen LogP contribution in [0.15, 0.2) is 36.4 Å². The summed E-state index contributed by atoms with van der Waals surface area (Å²) in [7, 11) is 0. The van der Waals surface area contributed by atoms with E-state index in [4.69, 9.17) is 4.74 Å². The average Bonchev–Trinajstić information content (AvgIpc) is 2.95. The Kier molecular flexibility index (Phi) is 4.57. The number of carbonyl (C=O) groups excluding carboxylic acids is 2. The fourth-order valence-electron chi connectivity index (χ4n) is 2.80. The number of carbonyl (C=O) groups is 2. The van der Waals surface area contributed by atoms with Crippen LogP contribution in [-0.4, -0.2) is 37.6 Å². The molecule has 0 spiro atoms. The van der Waals surface area contributed by atoms with E-state index in [1.165, 1.54) is 18.1 Å². The van der Waals surface area contributed by atoms with E-state index in [2.05, 4.69) is 16.7 Å². The molecule has 120 valence electrons. The van der Waals surface area contributed by atoms with Gasteiger partial charge in [0.1, 0.15) is 6.10 Å². The molecule has 0 unspecified atom stereocenters. The van der Waals surface area contributed by atoms with Crippen LogP contribution in [0.5, 0.6) is 0 Å². The predicted octanol–water partition coefficient (Wildman–Crippen LogP) is 1.51. The lowest BCUT2D eigenvalue weighted by atomic mass is 9.97. The Morgan fingerprint density at radius 3 is 2.70 bits per heavy atom. The molecule has 23 heavy (non-hydrogen) atoms. The number of hydrogen-bond acceptors (Lipinski definition) is 4. The Morgan fingerprint density at radius 2 is 2.04 bits per heavy atom. The minimum absolute atomic E-state index is 0.137. The molecule has 0 fully saturated rings. The number of rotatable bonds is 4. The maximum absolute atomic E-state index is 12.0. The summed E-state index contributed by atoms with van der Waals surface area (Å²) >= 11 is 0. The summed E-state index contributed by atoms with van der Waals surface area (Å²) in [6.07, 6.45) is 4.60. The molecule has 1 amide bonds. The third kappa shape index (κ3) is 3.68. The molecule has 2 N–H and O–H groups in total. The molecule has 0 aliphatic carbocycles. The molecular formula is C18H20N2O3. The maximum atomic E-state index is 12.0. The first kappa shape index (κ1) is 15.5. The van der Waals surface area contributed by atoms with Crippen LogP contribution < -0.4 is 10.6 Å². The van der Waals surface area contributed by atoms with Gasteiger partial charge in [-0.25, -0.2) is 4.79 Å². The second kappa shape index (κ2) is 6.79. The molecule has 1 aromatic carbocycles. The van der Waals surface area contributed by atoms with E-state index in [0.717, 1.165) is 25.1 Å². The normalized spacial score (nSPS) is 20.6. The largest absolute Gasteiger partial charge is 0.453 e. The van der Waals surface area contributed by atoms with Gasteiger partial charge in [0.15, 0.2) is 0 Å². The average molecular weight is 312 g/mol. The Balaban J connectivity index is 1.73. The fraction of sp³-hybridized carbons (Fsp3) is 0.333. The quantitative estimate of drug-likeness (QED) is 0.827. The number of esters is 1. The molecular weight excluding hydrogens is 292 g/mol.